The summed E-state index contributed by atoms with van der Waals surface area (Å²) in [6, 6.07) is 61.9. The third-order valence-electron chi connectivity index (χ3n) is 12.8. The fourth-order valence-electron chi connectivity index (χ4n) is 9.46. The van der Waals surface area contributed by atoms with Crippen LogP contribution in [-0.2, 0) is 16.2 Å². The summed E-state index contributed by atoms with van der Waals surface area (Å²) >= 11 is 1.90. The maximum absolute atomic E-state index is 2.57. The van der Waals surface area contributed by atoms with E-state index in [0.29, 0.717) is 0 Å². The molecular weight excluding hydrogens is 731 g/mol. The van der Waals surface area contributed by atoms with Crippen molar-refractivity contribution in [2.75, 3.05) is 4.90 Å². The molecule has 8 aromatic carbocycles. The predicted octanol–water partition coefficient (Wildman–Crippen LogP) is 16.9. The molecule has 1 aliphatic carbocycles. The Morgan fingerprint density at radius 3 is 1.83 bits per heavy atom. The monoisotopic (exact) mass is 781 g/mol. The van der Waals surface area contributed by atoms with Gasteiger partial charge in [-0.1, -0.05) is 183 Å². The van der Waals surface area contributed by atoms with E-state index < -0.39 is 0 Å². The molecule has 1 nitrogen and oxygen atoms in total. The smallest absolute Gasteiger partial charge is 0.0547 e. The molecule has 1 heterocycles. The van der Waals surface area contributed by atoms with Crippen LogP contribution >= 0.6 is 11.3 Å². The van der Waals surface area contributed by atoms with Gasteiger partial charge in [-0.15, -0.1) is 11.3 Å². The molecule has 0 aliphatic heterocycles. The highest BCUT2D eigenvalue weighted by Gasteiger charge is 2.37. The van der Waals surface area contributed by atoms with Gasteiger partial charge in [-0.2, -0.15) is 0 Å². The highest BCUT2D eigenvalue weighted by atomic mass is 32.1. The van der Waals surface area contributed by atoms with Crippen molar-refractivity contribution < 1.29 is 0 Å². The summed E-state index contributed by atoms with van der Waals surface area (Å²) in [5, 5.41) is 5.10. The second kappa shape index (κ2) is 13.5. The lowest BCUT2D eigenvalue weighted by molar-refractivity contribution is 0.584. The van der Waals surface area contributed by atoms with E-state index in [1.807, 2.05) is 11.3 Å². The Morgan fingerprint density at radius 2 is 1.07 bits per heavy atom. The van der Waals surface area contributed by atoms with E-state index in [1.165, 1.54) is 86.6 Å². The van der Waals surface area contributed by atoms with E-state index in [4.69, 9.17) is 0 Å². The Bertz CT molecular complexity index is 3090. The zero-order chi connectivity index (χ0) is 40.8. The van der Waals surface area contributed by atoms with Gasteiger partial charge in [0.05, 0.1) is 11.4 Å². The number of benzene rings is 8. The Kier molecular flexibility index (Phi) is 8.57. The van der Waals surface area contributed by atoms with Gasteiger partial charge in [-0.05, 0) is 96.9 Å². The molecule has 2 heteroatoms. The quantitative estimate of drug-likeness (QED) is 0.168. The highest BCUT2D eigenvalue weighted by molar-refractivity contribution is 7.26. The standard InChI is InChI=1S/C57H51NS/c1-55(2,3)38-27-32-50(47(33-38)36-17-10-9-11-18-36)58(40-28-30-43-42-29-26-39(56(4,5)6)34-48(42)57(7,8)49(43)35-40)51-31-25-37-19-12-13-20-41(37)53(51)46-23-16-22-45-44-21-14-15-24-52(44)59-54(45)46/h9-35H,1-8H3. The minimum absolute atomic E-state index is 0.0207. The van der Waals surface area contributed by atoms with Crippen molar-refractivity contribution in [2.45, 2.75) is 71.6 Å². The van der Waals surface area contributed by atoms with Gasteiger partial charge in [0.25, 0.3) is 0 Å². The lowest BCUT2D eigenvalue weighted by atomic mass is 9.79. The van der Waals surface area contributed by atoms with Gasteiger partial charge in [0.1, 0.15) is 0 Å². The third kappa shape index (κ3) is 6.11. The molecule has 0 unspecified atom stereocenters. The fourth-order valence-corrected chi connectivity index (χ4v) is 10.7. The van der Waals surface area contributed by atoms with Gasteiger partial charge in [0.15, 0.2) is 0 Å². The maximum atomic E-state index is 2.57. The van der Waals surface area contributed by atoms with Gasteiger partial charge in [-0.25, -0.2) is 0 Å². The molecule has 0 amide bonds. The van der Waals surface area contributed by atoms with E-state index in [1.54, 1.807) is 0 Å². The first-order chi connectivity index (χ1) is 28.3. The van der Waals surface area contributed by atoms with E-state index in [-0.39, 0.29) is 16.2 Å². The number of hydrogen-bond acceptors (Lipinski definition) is 2. The Morgan fingerprint density at radius 1 is 0.458 bits per heavy atom. The Balaban J connectivity index is 1.30. The SMILES string of the molecule is CC(C)(C)c1ccc(N(c2ccc3c(c2)C(C)(C)c2cc(C(C)(C)C)ccc2-3)c2ccc3ccccc3c2-c2cccc3c2sc2ccccc23)c(-c2ccccc2)c1. The van der Waals surface area contributed by atoms with Gasteiger partial charge in [-0.3, -0.25) is 0 Å². The van der Waals surface area contributed by atoms with Crippen LogP contribution in [0.1, 0.15) is 77.6 Å². The third-order valence-corrected chi connectivity index (χ3v) is 14.0. The number of fused-ring (bicyclic) bond motifs is 7. The van der Waals surface area contributed by atoms with Gasteiger partial charge in [0, 0.05) is 48.0 Å². The van der Waals surface area contributed by atoms with E-state index in [9.17, 15) is 0 Å². The summed E-state index contributed by atoms with van der Waals surface area (Å²) in [7, 11) is 0. The molecule has 9 aromatic rings. The molecule has 0 N–H and O–H groups in total. The molecule has 0 bridgehead atoms. The minimum atomic E-state index is -0.180. The van der Waals surface area contributed by atoms with Crippen LogP contribution in [0.15, 0.2) is 164 Å². The molecule has 1 aromatic heterocycles. The van der Waals surface area contributed by atoms with Crippen molar-refractivity contribution >= 4 is 59.3 Å². The Labute approximate surface area is 353 Å². The molecule has 0 radical (unpaired) electrons. The molecule has 0 saturated carbocycles. The maximum Gasteiger partial charge on any atom is 0.0547 e. The van der Waals surface area contributed by atoms with Crippen LogP contribution in [0.25, 0.3) is 64.3 Å². The summed E-state index contributed by atoms with van der Waals surface area (Å²) in [5.41, 5.74) is 16.4. The van der Waals surface area contributed by atoms with Crippen molar-refractivity contribution in [1.29, 1.82) is 0 Å². The van der Waals surface area contributed by atoms with Crippen LogP contribution in [-0.4, -0.2) is 0 Å². The van der Waals surface area contributed by atoms with Crippen LogP contribution < -0.4 is 4.90 Å². The summed E-state index contributed by atoms with van der Waals surface area (Å²) in [6.45, 7) is 18.7. The number of thiophene rings is 1. The van der Waals surface area contributed by atoms with Crippen molar-refractivity contribution in [2.24, 2.45) is 0 Å². The second-order valence-corrected chi connectivity index (χ2v) is 20.1. The molecule has 290 valence electrons. The average molecular weight is 782 g/mol. The highest BCUT2D eigenvalue weighted by Crippen LogP contribution is 2.54. The molecule has 59 heavy (non-hydrogen) atoms. The molecule has 10 rings (SSSR count). The van der Waals surface area contributed by atoms with E-state index >= 15 is 0 Å². The lowest BCUT2D eigenvalue weighted by Crippen LogP contribution is -2.19. The molecule has 0 atom stereocenters. The van der Waals surface area contributed by atoms with Crippen LogP contribution in [0, 0.1) is 0 Å². The van der Waals surface area contributed by atoms with Crippen LogP contribution in [0.3, 0.4) is 0 Å². The van der Waals surface area contributed by atoms with E-state index in [2.05, 4.69) is 224 Å². The van der Waals surface area contributed by atoms with Gasteiger partial charge < -0.3 is 4.90 Å². The predicted molar refractivity (Wildman–Crippen MR) is 257 cm³/mol. The zero-order valence-corrected chi connectivity index (χ0v) is 36.3. The molecule has 1 aliphatic rings. The largest absolute Gasteiger partial charge is 0.309 e. The van der Waals surface area contributed by atoms with Crippen molar-refractivity contribution in [3.8, 4) is 33.4 Å². The van der Waals surface area contributed by atoms with Crippen molar-refractivity contribution in [1.82, 2.24) is 0 Å². The van der Waals surface area contributed by atoms with Gasteiger partial charge >= 0.3 is 0 Å². The number of hydrogen-bond donors (Lipinski definition) is 0. The second-order valence-electron chi connectivity index (χ2n) is 19.0. The van der Waals surface area contributed by atoms with Crippen LogP contribution in [0.2, 0.25) is 0 Å². The normalized spacial score (nSPS) is 13.6. The molecule has 0 saturated heterocycles. The first-order valence-corrected chi connectivity index (χ1v) is 21.8. The summed E-state index contributed by atoms with van der Waals surface area (Å²) < 4.78 is 2.63. The fraction of sp³-hybridized carbons (Fsp3) is 0.193. The van der Waals surface area contributed by atoms with Crippen LogP contribution in [0.4, 0.5) is 17.1 Å². The number of anilines is 3. The zero-order valence-electron chi connectivity index (χ0n) is 35.4. The summed E-state index contributed by atoms with van der Waals surface area (Å²) in [6.07, 6.45) is 0. The van der Waals surface area contributed by atoms with Gasteiger partial charge in [0.2, 0.25) is 0 Å². The van der Waals surface area contributed by atoms with E-state index in [0.717, 1.165) is 17.1 Å². The van der Waals surface area contributed by atoms with Crippen molar-refractivity contribution in [3.05, 3.63) is 186 Å². The lowest BCUT2D eigenvalue weighted by Gasteiger charge is -2.33. The molecular formula is C57H51NS. The average Bonchev–Trinajstić information content (AvgIpc) is 3.72. The first-order valence-electron chi connectivity index (χ1n) is 21.0. The number of rotatable bonds is 5. The summed E-state index contributed by atoms with van der Waals surface area (Å²) in [5.74, 6) is 0. The first kappa shape index (κ1) is 37.3. The van der Waals surface area contributed by atoms with Crippen LogP contribution in [0.5, 0.6) is 0 Å². The molecule has 0 fully saturated rings. The Hall–Kier alpha value is -5.96. The molecule has 0 spiro atoms. The summed E-state index contributed by atoms with van der Waals surface area (Å²) in [4.78, 5) is 2.57. The topological polar surface area (TPSA) is 3.24 Å². The minimum Gasteiger partial charge on any atom is -0.309 e. The number of nitrogens with zero attached hydrogens (tertiary/aromatic N) is 1. The van der Waals surface area contributed by atoms with Crippen molar-refractivity contribution in [3.63, 3.8) is 0 Å².